The van der Waals surface area contributed by atoms with Gasteiger partial charge in [0.25, 0.3) is 0 Å². The number of nitrogen functional groups attached to an aromatic ring is 1. The third-order valence-corrected chi connectivity index (χ3v) is 2.25. The van der Waals surface area contributed by atoms with Crippen LogP contribution in [0, 0.1) is 6.07 Å². The first kappa shape index (κ1) is 12.3. The van der Waals surface area contributed by atoms with Crippen LogP contribution in [0.3, 0.4) is 0 Å². The Balaban J connectivity index is 2.31. The molecule has 5 heteroatoms. The highest BCUT2D eigenvalue weighted by Gasteiger charge is 2.33. The van der Waals surface area contributed by atoms with E-state index in [1.807, 2.05) is 0 Å². The first-order chi connectivity index (χ1) is 8.47. The smallest absolute Gasteiger partial charge is 0.418 e. The molecule has 0 saturated heterocycles. The molecule has 0 aliphatic heterocycles. The van der Waals surface area contributed by atoms with Crippen molar-refractivity contribution >= 4 is 5.69 Å². The highest BCUT2D eigenvalue weighted by Crippen LogP contribution is 2.36. The molecular weight excluding hydrogens is 243 g/mol. The quantitative estimate of drug-likeness (QED) is 0.823. The lowest BCUT2D eigenvalue weighted by Crippen LogP contribution is -2.08. The molecule has 0 saturated carbocycles. The molecule has 0 unspecified atom stereocenters. The summed E-state index contributed by atoms with van der Waals surface area (Å²) in [5, 5.41) is 0. The van der Waals surface area contributed by atoms with Gasteiger partial charge in [-0.2, -0.15) is 13.2 Å². The van der Waals surface area contributed by atoms with Gasteiger partial charge in [0.2, 0.25) is 0 Å². The largest absolute Gasteiger partial charge is 0.457 e. The van der Waals surface area contributed by atoms with Crippen LogP contribution in [0.15, 0.2) is 42.5 Å². The molecule has 0 bridgehead atoms. The fourth-order valence-corrected chi connectivity index (χ4v) is 1.42. The Morgan fingerprint density at radius 2 is 1.67 bits per heavy atom. The van der Waals surface area contributed by atoms with Crippen LogP contribution in [0.5, 0.6) is 11.5 Å². The molecule has 18 heavy (non-hydrogen) atoms. The van der Waals surface area contributed by atoms with Crippen molar-refractivity contribution in [2.45, 2.75) is 6.18 Å². The topological polar surface area (TPSA) is 35.2 Å². The molecule has 0 aliphatic carbocycles. The van der Waals surface area contributed by atoms with E-state index in [9.17, 15) is 13.2 Å². The van der Waals surface area contributed by atoms with Crippen LogP contribution in [0.1, 0.15) is 5.56 Å². The van der Waals surface area contributed by atoms with Gasteiger partial charge in [-0.1, -0.05) is 12.1 Å². The van der Waals surface area contributed by atoms with Gasteiger partial charge in [-0.15, -0.1) is 0 Å². The molecule has 0 heterocycles. The third kappa shape index (κ3) is 2.74. The average Bonchev–Trinajstić information content (AvgIpc) is 2.31. The SMILES string of the molecule is Nc1ccc(Oc2cc[c]cc2)cc1C(F)(F)F. The molecule has 1 radical (unpaired) electrons. The van der Waals surface area contributed by atoms with E-state index < -0.39 is 11.7 Å². The van der Waals surface area contributed by atoms with Crippen LogP contribution in [0.2, 0.25) is 0 Å². The van der Waals surface area contributed by atoms with Crippen LogP contribution in [-0.2, 0) is 6.18 Å². The van der Waals surface area contributed by atoms with Crippen molar-refractivity contribution in [2.75, 3.05) is 5.73 Å². The van der Waals surface area contributed by atoms with Gasteiger partial charge in [0, 0.05) is 5.69 Å². The summed E-state index contributed by atoms with van der Waals surface area (Å²) >= 11 is 0. The number of hydrogen-bond donors (Lipinski definition) is 1. The maximum Gasteiger partial charge on any atom is 0.418 e. The number of rotatable bonds is 2. The Morgan fingerprint density at radius 3 is 2.28 bits per heavy atom. The third-order valence-electron chi connectivity index (χ3n) is 2.25. The Morgan fingerprint density at radius 1 is 1.00 bits per heavy atom. The van der Waals surface area contributed by atoms with Crippen molar-refractivity contribution in [3.63, 3.8) is 0 Å². The zero-order valence-corrected chi connectivity index (χ0v) is 9.16. The van der Waals surface area contributed by atoms with Crippen molar-refractivity contribution < 1.29 is 17.9 Å². The normalized spacial score (nSPS) is 11.3. The number of ether oxygens (including phenoxy) is 1. The van der Waals surface area contributed by atoms with E-state index in [1.54, 1.807) is 24.3 Å². The molecule has 2 rings (SSSR count). The number of hydrogen-bond acceptors (Lipinski definition) is 2. The second-order valence-corrected chi connectivity index (χ2v) is 3.58. The minimum absolute atomic E-state index is 0.0859. The molecule has 0 spiro atoms. The number of anilines is 1. The summed E-state index contributed by atoms with van der Waals surface area (Å²) in [7, 11) is 0. The second kappa shape index (κ2) is 4.60. The highest BCUT2D eigenvalue weighted by molar-refractivity contribution is 5.52. The van der Waals surface area contributed by atoms with E-state index in [4.69, 9.17) is 10.5 Å². The zero-order chi connectivity index (χ0) is 13.2. The van der Waals surface area contributed by atoms with Crippen LogP contribution in [0.4, 0.5) is 18.9 Å². The van der Waals surface area contributed by atoms with Gasteiger partial charge in [0.05, 0.1) is 5.56 Å². The average molecular weight is 252 g/mol. The number of alkyl halides is 3. The Hall–Kier alpha value is -2.17. The van der Waals surface area contributed by atoms with Crippen LogP contribution in [0.25, 0.3) is 0 Å². The van der Waals surface area contributed by atoms with E-state index in [1.165, 1.54) is 12.1 Å². The summed E-state index contributed by atoms with van der Waals surface area (Å²) in [4.78, 5) is 0. The molecule has 2 nitrogen and oxygen atoms in total. The number of halogens is 3. The molecule has 0 aromatic heterocycles. The summed E-state index contributed by atoms with van der Waals surface area (Å²) in [6.45, 7) is 0. The lowest BCUT2D eigenvalue weighted by molar-refractivity contribution is -0.137. The monoisotopic (exact) mass is 252 g/mol. The second-order valence-electron chi connectivity index (χ2n) is 3.58. The maximum atomic E-state index is 12.6. The van der Waals surface area contributed by atoms with Gasteiger partial charge in [0.1, 0.15) is 11.5 Å². The Labute approximate surface area is 102 Å². The van der Waals surface area contributed by atoms with Gasteiger partial charge < -0.3 is 10.5 Å². The molecule has 0 fully saturated rings. The Bertz CT molecular complexity index is 538. The first-order valence-corrected chi connectivity index (χ1v) is 5.07. The minimum atomic E-state index is -4.49. The molecule has 2 aromatic carbocycles. The van der Waals surface area contributed by atoms with Gasteiger partial charge >= 0.3 is 6.18 Å². The van der Waals surface area contributed by atoms with Gasteiger partial charge in [0.15, 0.2) is 0 Å². The number of nitrogens with two attached hydrogens (primary N) is 1. The van der Waals surface area contributed by atoms with Gasteiger partial charge in [-0.25, -0.2) is 0 Å². The fraction of sp³-hybridized carbons (Fsp3) is 0.0769. The molecule has 0 aliphatic rings. The maximum absolute atomic E-state index is 12.6. The lowest BCUT2D eigenvalue weighted by atomic mass is 10.1. The predicted molar refractivity (Wildman–Crippen MR) is 61.2 cm³/mol. The summed E-state index contributed by atoms with van der Waals surface area (Å²) in [6, 6.07) is 12.6. The summed E-state index contributed by atoms with van der Waals surface area (Å²) in [5.41, 5.74) is 4.07. The van der Waals surface area contributed by atoms with E-state index >= 15 is 0 Å². The standard InChI is InChI=1S/C13H9F3NO/c14-13(15,16)11-8-10(6-7-12(11)17)18-9-4-2-1-3-5-9/h2-8H,17H2. The van der Waals surface area contributed by atoms with Crippen LogP contribution in [-0.4, -0.2) is 0 Å². The molecule has 93 valence electrons. The molecular formula is C13H9F3NO. The lowest BCUT2D eigenvalue weighted by Gasteiger charge is -2.12. The van der Waals surface area contributed by atoms with Crippen molar-refractivity contribution in [3.8, 4) is 11.5 Å². The highest BCUT2D eigenvalue weighted by atomic mass is 19.4. The van der Waals surface area contributed by atoms with E-state index in [0.717, 1.165) is 6.07 Å². The Kier molecular flexibility index (Phi) is 3.14. The summed E-state index contributed by atoms with van der Waals surface area (Å²) in [6.07, 6.45) is -4.49. The van der Waals surface area contributed by atoms with Crippen LogP contribution < -0.4 is 10.5 Å². The first-order valence-electron chi connectivity index (χ1n) is 5.07. The predicted octanol–water partition coefficient (Wildman–Crippen LogP) is 3.88. The van der Waals surface area contributed by atoms with Crippen molar-refractivity contribution in [1.82, 2.24) is 0 Å². The summed E-state index contributed by atoms with van der Waals surface area (Å²) in [5.74, 6) is 0.523. The van der Waals surface area contributed by atoms with E-state index in [0.29, 0.717) is 5.75 Å². The van der Waals surface area contributed by atoms with E-state index in [2.05, 4.69) is 6.07 Å². The van der Waals surface area contributed by atoms with E-state index in [-0.39, 0.29) is 11.4 Å². The molecule has 0 atom stereocenters. The van der Waals surface area contributed by atoms with Crippen molar-refractivity contribution in [2.24, 2.45) is 0 Å². The molecule has 2 aromatic rings. The van der Waals surface area contributed by atoms with Crippen LogP contribution >= 0.6 is 0 Å². The molecule has 0 amide bonds. The van der Waals surface area contributed by atoms with Gasteiger partial charge in [-0.05, 0) is 36.4 Å². The van der Waals surface area contributed by atoms with Gasteiger partial charge in [-0.3, -0.25) is 0 Å². The zero-order valence-electron chi connectivity index (χ0n) is 9.16. The fourth-order valence-electron chi connectivity index (χ4n) is 1.42. The number of benzene rings is 2. The van der Waals surface area contributed by atoms with Crippen molar-refractivity contribution in [3.05, 3.63) is 54.1 Å². The minimum Gasteiger partial charge on any atom is -0.457 e. The molecule has 2 N–H and O–H groups in total. The van der Waals surface area contributed by atoms with Crippen molar-refractivity contribution in [1.29, 1.82) is 0 Å². The summed E-state index contributed by atoms with van der Waals surface area (Å²) < 4.78 is 43.2.